The van der Waals surface area contributed by atoms with E-state index in [9.17, 15) is 4.79 Å². The highest BCUT2D eigenvalue weighted by Gasteiger charge is 2.32. The first kappa shape index (κ1) is 17.0. The minimum absolute atomic E-state index is 0.0215. The summed E-state index contributed by atoms with van der Waals surface area (Å²) in [4.78, 5) is 12.7. The van der Waals surface area contributed by atoms with Gasteiger partial charge in [0.25, 0.3) is 0 Å². The summed E-state index contributed by atoms with van der Waals surface area (Å²) in [5.41, 5.74) is 5.71. The average Bonchev–Trinajstić information content (AvgIpc) is 2.46. The topological polar surface area (TPSA) is 87.7 Å². The third-order valence-corrected chi connectivity index (χ3v) is 3.84. The highest BCUT2D eigenvalue weighted by molar-refractivity contribution is 5.94. The number of nitrogens with one attached hydrogen (secondary N) is 1. The van der Waals surface area contributed by atoms with Gasteiger partial charge in [-0.15, -0.1) is 0 Å². The maximum Gasteiger partial charge on any atom is 0.228 e. The molecule has 5 nitrogen and oxygen atoms in total. The number of nitrogens with two attached hydrogens (primary N) is 1. The van der Waals surface area contributed by atoms with Gasteiger partial charge in [-0.3, -0.25) is 4.79 Å². The summed E-state index contributed by atoms with van der Waals surface area (Å²) in [7, 11) is 0. The molecule has 0 radical (unpaired) electrons. The van der Waals surface area contributed by atoms with Crippen molar-refractivity contribution in [1.82, 2.24) is 5.32 Å². The Kier molecular flexibility index (Phi) is 5.76. The van der Waals surface area contributed by atoms with Crippen LogP contribution < -0.4 is 11.1 Å². The fourth-order valence-electron chi connectivity index (χ4n) is 2.21. The Balaban J connectivity index is 3.03. The van der Waals surface area contributed by atoms with E-state index in [1.165, 1.54) is 0 Å². The quantitative estimate of drug-likeness (QED) is 0.325. The Morgan fingerprint density at radius 3 is 2.43 bits per heavy atom. The van der Waals surface area contributed by atoms with Gasteiger partial charge in [-0.2, -0.15) is 0 Å². The van der Waals surface area contributed by atoms with E-state index >= 15 is 0 Å². The highest BCUT2D eigenvalue weighted by atomic mass is 16.4. The fourth-order valence-corrected chi connectivity index (χ4v) is 2.21. The van der Waals surface area contributed by atoms with Crippen LogP contribution in [0.4, 0.5) is 0 Å². The van der Waals surface area contributed by atoms with Crippen molar-refractivity contribution in [2.45, 2.75) is 45.6 Å². The number of amides is 1. The summed E-state index contributed by atoms with van der Waals surface area (Å²) < 4.78 is 0. The molecular weight excluding hydrogens is 266 g/mol. The van der Waals surface area contributed by atoms with Gasteiger partial charge in [-0.1, -0.05) is 55.8 Å². The lowest BCUT2D eigenvalue weighted by atomic mass is 9.84. The van der Waals surface area contributed by atoms with Gasteiger partial charge in [0.2, 0.25) is 5.91 Å². The Morgan fingerprint density at radius 2 is 1.95 bits per heavy atom. The van der Waals surface area contributed by atoms with Crippen LogP contribution in [0.2, 0.25) is 0 Å². The molecule has 0 heterocycles. The van der Waals surface area contributed by atoms with Gasteiger partial charge in [0.05, 0.1) is 11.5 Å². The van der Waals surface area contributed by atoms with E-state index in [1.807, 2.05) is 37.3 Å². The Labute approximate surface area is 126 Å². The van der Waals surface area contributed by atoms with Gasteiger partial charge in [0.15, 0.2) is 5.84 Å². The van der Waals surface area contributed by atoms with Crippen LogP contribution in [0.1, 0.15) is 45.6 Å². The summed E-state index contributed by atoms with van der Waals surface area (Å²) in [6.07, 6.45) is 0.886. The Morgan fingerprint density at radius 1 is 1.38 bits per heavy atom. The number of hydrogen-bond acceptors (Lipinski definition) is 3. The Bertz CT molecular complexity index is 498. The summed E-state index contributed by atoms with van der Waals surface area (Å²) in [5.74, 6) is -0.212. The average molecular weight is 291 g/mol. The molecule has 0 saturated heterocycles. The van der Waals surface area contributed by atoms with E-state index in [2.05, 4.69) is 17.4 Å². The van der Waals surface area contributed by atoms with Crippen LogP contribution in [0.3, 0.4) is 0 Å². The first-order valence-electron chi connectivity index (χ1n) is 7.18. The summed E-state index contributed by atoms with van der Waals surface area (Å²) in [6.45, 7) is 7.52. The SMILES string of the molecule is CCC(C)C(C(=O)NC(C)(C)/C(N)=N/O)c1ccccc1. The third kappa shape index (κ3) is 4.21. The van der Waals surface area contributed by atoms with Gasteiger partial charge in [-0.25, -0.2) is 0 Å². The van der Waals surface area contributed by atoms with E-state index in [4.69, 9.17) is 10.9 Å². The van der Waals surface area contributed by atoms with Crippen molar-refractivity contribution in [2.75, 3.05) is 0 Å². The molecule has 0 fully saturated rings. The Hall–Kier alpha value is -2.04. The minimum atomic E-state index is -0.897. The molecule has 0 spiro atoms. The van der Waals surface area contributed by atoms with Crippen LogP contribution in [0.15, 0.2) is 35.5 Å². The number of carbonyl (C=O) groups is 1. The van der Waals surface area contributed by atoms with Crippen LogP contribution in [-0.2, 0) is 4.79 Å². The molecular formula is C16H25N3O2. The molecule has 1 amide bonds. The number of nitrogens with zero attached hydrogens (tertiary/aromatic N) is 1. The maximum absolute atomic E-state index is 12.7. The van der Waals surface area contributed by atoms with E-state index in [1.54, 1.807) is 13.8 Å². The standard InChI is InChI=1S/C16H25N3O2/c1-5-11(2)13(12-9-7-6-8-10-12)14(20)18-16(3,4)15(17)19-21/h6-11,13,21H,5H2,1-4H3,(H2,17,19)(H,18,20). The second kappa shape index (κ2) is 7.11. The molecule has 5 heteroatoms. The zero-order valence-corrected chi connectivity index (χ0v) is 13.1. The third-order valence-electron chi connectivity index (χ3n) is 3.84. The molecule has 1 rings (SSSR count). The predicted molar refractivity (Wildman–Crippen MR) is 84.3 cm³/mol. The molecule has 1 aromatic rings. The van der Waals surface area contributed by atoms with Crippen molar-refractivity contribution in [1.29, 1.82) is 0 Å². The molecule has 0 aromatic heterocycles. The summed E-state index contributed by atoms with van der Waals surface area (Å²) >= 11 is 0. The first-order valence-corrected chi connectivity index (χ1v) is 7.18. The molecule has 1 aromatic carbocycles. The number of oxime groups is 1. The van der Waals surface area contributed by atoms with E-state index in [0.717, 1.165) is 12.0 Å². The molecule has 0 saturated carbocycles. The summed E-state index contributed by atoms with van der Waals surface area (Å²) in [6, 6.07) is 9.68. The normalized spacial score (nSPS) is 15.3. The monoisotopic (exact) mass is 291 g/mol. The van der Waals surface area contributed by atoms with Gasteiger partial charge < -0.3 is 16.3 Å². The molecule has 0 aliphatic carbocycles. The van der Waals surface area contributed by atoms with Crippen molar-refractivity contribution in [3.05, 3.63) is 35.9 Å². The van der Waals surface area contributed by atoms with Crippen molar-refractivity contribution in [2.24, 2.45) is 16.8 Å². The van der Waals surface area contributed by atoms with Crippen molar-refractivity contribution < 1.29 is 10.0 Å². The zero-order valence-electron chi connectivity index (χ0n) is 13.1. The van der Waals surface area contributed by atoms with Gasteiger partial charge in [-0.05, 0) is 25.3 Å². The molecule has 0 bridgehead atoms. The molecule has 116 valence electrons. The van der Waals surface area contributed by atoms with E-state index in [-0.39, 0.29) is 23.6 Å². The van der Waals surface area contributed by atoms with Crippen LogP contribution in [0, 0.1) is 5.92 Å². The lowest BCUT2D eigenvalue weighted by molar-refractivity contribution is -0.124. The van der Waals surface area contributed by atoms with Crippen LogP contribution >= 0.6 is 0 Å². The number of carbonyl (C=O) groups excluding carboxylic acids is 1. The molecule has 4 N–H and O–H groups in total. The molecule has 2 atom stereocenters. The number of hydrogen-bond donors (Lipinski definition) is 3. The number of benzene rings is 1. The van der Waals surface area contributed by atoms with Crippen LogP contribution in [0.5, 0.6) is 0 Å². The predicted octanol–water partition coefficient (Wildman–Crippen LogP) is 2.46. The molecule has 0 aliphatic rings. The highest BCUT2D eigenvalue weighted by Crippen LogP contribution is 2.27. The largest absolute Gasteiger partial charge is 0.409 e. The molecule has 0 aliphatic heterocycles. The minimum Gasteiger partial charge on any atom is -0.409 e. The summed E-state index contributed by atoms with van der Waals surface area (Å²) in [5, 5.41) is 14.7. The smallest absolute Gasteiger partial charge is 0.228 e. The van der Waals surface area contributed by atoms with E-state index in [0.29, 0.717) is 0 Å². The van der Waals surface area contributed by atoms with Gasteiger partial charge in [0.1, 0.15) is 0 Å². The van der Waals surface area contributed by atoms with Gasteiger partial charge >= 0.3 is 0 Å². The zero-order chi connectivity index (χ0) is 16.0. The van der Waals surface area contributed by atoms with Crippen molar-refractivity contribution in [3.63, 3.8) is 0 Å². The molecule has 2 unspecified atom stereocenters. The lowest BCUT2D eigenvalue weighted by Crippen LogP contribution is -2.54. The molecule has 21 heavy (non-hydrogen) atoms. The fraction of sp³-hybridized carbons (Fsp3) is 0.500. The van der Waals surface area contributed by atoms with Crippen LogP contribution in [-0.4, -0.2) is 22.5 Å². The second-order valence-electron chi connectivity index (χ2n) is 5.87. The number of amidine groups is 1. The number of rotatable bonds is 6. The van der Waals surface area contributed by atoms with Crippen molar-refractivity contribution >= 4 is 11.7 Å². The van der Waals surface area contributed by atoms with Crippen molar-refractivity contribution in [3.8, 4) is 0 Å². The van der Waals surface area contributed by atoms with Gasteiger partial charge in [0, 0.05) is 0 Å². The first-order chi connectivity index (χ1) is 9.83. The van der Waals surface area contributed by atoms with E-state index < -0.39 is 5.54 Å². The second-order valence-corrected chi connectivity index (χ2v) is 5.87. The lowest BCUT2D eigenvalue weighted by Gasteiger charge is -2.30. The van der Waals surface area contributed by atoms with Crippen LogP contribution in [0.25, 0.3) is 0 Å². The maximum atomic E-state index is 12.7.